The quantitative estimate of drug-likeness (QED) is 0.401. The summed E-state index contributed by atoms with van der Waals surface area (Å²) in [4.78, 5) is 29.3. The summed E-state index contributed by atoms with van der Waals surface area (Å²) >= 11 is 0. The van der Waals surface area contributed by atoms with E-state index < -0.39 is 0 Å². The molecule has 1 aliphatic carbocycles. The first-order valence-electron chi connectivity index (χ1n) is 12.1. The minimum atomic E-state index is -0.307. The Labute approximate surface area is 200 Å². The summed E-state index contributed by atoms with van der Waals surface area (Å²) in [5.41, 5.74) is 5.15. The first kappa shape index (κ1) is 23.9. The summed E-state index contributed by atoms with van der Waals surface area (Å²) in [6.07, 6.45) is 5.32. The van der Waals surface area contributed by atoms with Crippen molar-refractivity contribution in [2.24, 2.45) is 0 Å². The van der Waals surface area contributed by atoms with Gasteiger partial charge in [0.25, 0.3) is 5.91 Å². The number of carbonyl (C=O) groups is 2. The van der Waals surface area contributed by atoms with Crippen molar-refractivity contribution < 1.29 is 14.0 Å². The van der Waals surface area contributed by atoms with Gasteiger partial charge in [0.05, 0.1) is 16.8 Å². The Kier molecular flexibility index (Phi) is 6.96. The minimum absolute atomic E-state index is 0.134. The third-order valence-corrected chi connectivity index (χ3v) is 6.53. The van der Waals surface area contributed by atoms with Crippen molar-refractivity contribution in [3.63, 3.8) is 0 Å². The number of hydrogen-bond donors (Lipinski definition) is 2. The van der Waals surface area contributed by atoms with Gasteiger partial charge in [-0.2, -0.15) is 0 Å². The van der Waals surface area contributed by atoms with Crippen LogP contribution in [-0.4, -0.2) is 29.8 Å². The molecular formula is C28H32FN3O2. The smallest absolute Gasteiger partial charge is 0.255 e. The van der Waals surface area contributed by atoms with E-state index in [1.165, 1.54) is 0 Å². The van der Waals surface area contributed by atoms with Crippen LogP contribution < -0.4 is 10.6 Å². The van der Waals surface area contributed by atoms with Gasteiger partial charge in [-0.1, -0.05) is 26.0 Å². The van der Waals surface area contributed by atoms with Crippen LogP contribution in [0.15, 0.2) is 36.5 Å². The number of rotatable bonds is 9. The second kappa shape index (κ2) is 9.92. The lowest BCUT2D eigenvalue weighted by Gasteiger charge is -2.16. The number of benzene rings is 2. The molecule has 6 heteroatoms. The zero-order valence-corrected chi connectivity index (χ0v) is 20.3. The first-order valence-corrected chi connectivity index (χ1v) is 12.1. The van der Waals surface area contributed by atoms with Gasteiger partial charge in [-0.3, -0.25) is 14.6 Å². The second-order valence-electron chi connectivity index (χ2n) is 9.36. The number of aryl methyl sites for hydroxylation is 1. The standard InChI is InChI=1S/C28H32FN3O2/c1-5-6-20(33)11-16(2)21-10-7-18(13-25(21)29)22-14-23-26(12-17(22)3)31-15-24(27(23)30-4)28(34)32-19-8-9-19/h7,10,12-16,19H,5-6,8-9,11H2,1-4H3,(H,30,31)(H,32,34). The zero-order chi connectivity index (χ0) is 24.4. The molecule has 1 atom stereocenters. The number of hydrogen-bond acceptors (Lipinski definition) is 4. The molecule has 1 saturated carbocycles. The highest BCUT2D eigenvalue weighted by atomic mass is 19.1. The molecule has 4 rings (SSSR count). The predicted molar refractivity (Wildman–Crippen MR) is 135 cm³/mol. The number of ketones is 1. The molecule has 0 bridgehead atoms. The minimum Gasteiger partial charge on any atom is -0.387 e. The third kappa shape index (κ3) is 4.96. The lowest BCUT2D eigenvalue weighted by Crippen LogP contribution is -2.26. The van der Waals surface area contributed by atoms with E-state index in [9.17, 15) is 9.59 Å². The van der Waals surface area contributed by atoms with Crippen molar-refractivity contribution in [1.29, 1.82) is 0 Å². The number of pyridine rings is 1. The topological polar surface area (TPSA) is 71.1 Å². The Morgan fingerprint density at radius 2 is 1.97 bits per heavy atom. The van der Waals surface area contributed by atoms with Gasteiger partial charge >= 0.3 is 0 Å². The van der Waals surface area contributed by atoms with Crippen LogP contribution in [0.1, 0.15) is 73.4 Å². The van der Waals surface area contributed by atoms with Crippen LogP contribution in [0.25, 0.3) is 22.0 Å². The number of nitrogens with one attached hydrogen (secondary N) is 2. The van der Waals surface area contributed by atoms with Gasteiger partial charge in [0, 0.05) is 37.5 Å². The average molecular weight is 462 g/mol. The molecule has 0 aliphatic heterocycles. The largest absolute Gasteiger partial charge is 0.387 e. The van der Waals surface area contributed by atoms with Crippen molar-refractivity contribution >= 4 is 28.3 Å². The maximum absolute atomic E-state index is 15.1. The molecule has 2 aromatic carbocycles. The summed E-state index contributed by atoms with van der Waals surface area (Å²) in [5, 5.41) is 7.00. The van der Waals surface area contributed by atoms with Crippen LogP contribution in [0.4, 0.5) is 10.1 Å². The van der Waals surface area contributed by atoms with Crippen LogP contribution in [0.5, 0.6) is 0 Å². The monoisotopic (exact) mass is 461 g/mol. The van der Waals surface area contributed by atoms with E-state index in [-0.39, 0.29) is 29.5 Å². The van der Waals surface area contributed by atoms with Gasteiger partial charge in [-0.05, 0) is 72.6 Å². The van der Waals surface area contributed by atoms with Gasteiger partial charge in [-0.25, -0.2) is 4.39 Å². The van der Waals surface area contributed by atoms with Crippen LogP contribution >= 0.6 is 0 Å². The van der Waals surface area contributed by atoms with Gasteiger partial charge in [-0.15, -0.1) is 0 Å². The zero-order valence-electron chi connectivity index (χ0n) is 20.3. The number of fused-ring (bicyclic) bond motifs is 1. The van der Waals surface area contributed by atoms with E-state index in [0.717, 1.165) is 46.9 Å². The number of amides is 1. The molecule has 5 nitrogen and oxygen atoms in total. The Hall–Kier alpha value is -3.28. The number of anilines is 1. The molecule has 1 heterocycles. The Morgan fingerprint density at radius 1 is 1.21 bits per heavy atom. The second-order valence-corrected chi connectivity index (χ2v) is 9.36. The summed E-state index contributed by atoms with van der Waals surface area (Å²) in [7, 11) is 1.79. The fraction of sp³-hybridized carbons (Fsp3) is 0.393. The molecule has 1 amide bonds. The first-order chi connectivity index (χ1) is 16.3. The SMILES string of the molecule is CCCC(=O)CC(C)c1ccc(-c2cc3c(NC)c(C(=O)NC4CC4)cnc3cc2C)cc1F. The van der Waals surface area contributed by atoms with Crippen molar-refractivity contribution in [1.82, 2.24) is 10.3 Å². The van der Waals surface area contributed by atoms with E-state index in [1.54, 1.807) is 25.4 Å². The molecule has 0 saturated heterocycles. The van der Waals surface area contributed by atoms with Crippen molar-refractivity contribution in [3.05, 3.63) is 59.0 Å². The van der Waals surface area contributed by atoms with E-state index in [2.05, 4.69) is 15.6 Å². The molecule has 0 radical (unpaired) electrons. The number of aromatic nitrogens is 1. The van der Waals surface area contributed by atoms with Gasteiger partial charge in [0.2, 0.25) is 0 Å². The fourth-order valence-corrected chi connectivity index (χ4v) is 4.51. The van der Waals surface area contributed by atoms with Crippen molar-refractivity contribution in [2.75, 3.05) is 12.4 Å². The summed E-state index contributed by atoms with van der Waals surface area (Å²) < 4.78 is 15.1. The number of carbonyl (C=O) groups excluding carboxylic acids is 2. The van der Waals surface area contributed by atoms with Crippen LogP contribution in [0.2, 0.25) is 0 Å². The molecule has 1 unspecified atom stereocenters. The summed E-state index contributed by atoms with van der Waals surface area (Å²) in [6, 6.07) is 9.42. The molecule has 1 aliphatic rings. The van der Waals surface area contributed by atoms with E-state index in [0.29, 0.717) is 29.7 Å². The van der Waals surface area contributed by atoms with Crippen molar-refractivity contribution in [3.8, 4) is 11.1 Å². The highest BCUT2D eigenvalue weighted by Crippen LogP contribution is 2.35. The third-order valence-electron chi connectivity index (χ3n) is 6.53. The van der Waals surface area contributed by atoms with Crippen LogP contribution in [-0.2, 0) is 4.79 Å². The van der Waals surface area contributed by atoms with Gasteiger partial charge in [0.1, 0.15) is 11.6 Å². The average Bonchev–Trinajstić information content (AvgIpc) is 3.61. The molecule has 34 heavy (non-hydrogen) atoms. The van der Waals surface area contributed by atoms with Gasteiger partial charge in [0.15, 0.2) is 0 Å². The Morgan fingerprint density at radius 3 is 2.62 bits per heavy atom. The molecular weight excluding hydrogens is 429 g/mol. The van der Waals surface area contributed by atoms with E-state index >= 15 is 4.39 Å². The van der Waals surface area contributed by atoms with E-state index in [1.807, 2.05) is 39.0 Å². The molecule has 3 aromatic rings. The normalized spacial score (nSPS) is 14.1. The number of Topliss-reactive ketones (excluding diaryl/α,β-unsaturated/α-hetero) is 1. The Balaban J connectivity index is 1.70. The highest BCUT2D eigenvalue weighted by Gasteiger charge is 2.26. The maximum atomic E-state index is 15.1. The summed E-state index contributed by atoms with van der Waals surface area (Å²) in [5.74, 6) is -0.445. The molecule has 1 fully saturated rings. The highest BCUT2D eigenvalue weighted by molar-refractivity contribution is 6.08. The molecule has 1 aromatic heterocycles. The van der Waals surface area contributed by atoms with Crippen LogP contribution in [0, 0.1) is 12.7 Å². The lowest BCUT2D eigenvalue weighted by molar-refractivity contribution is -0.119. The van der Waals surface area contributed by atoms with Crippen molar-refractivity contribution in [2.45, 2.75) is 64.8 Å². The number of halogens is 1. The number of nitrogens with zero attached hydrogens (tertiary/aromatic N) is 1. The summed E-state index contributed by atoms with van der Waals surface area (Å²) in [6.45, 7) is 5.84. The molecule has 178 valence electrons. The lowest BCUT2D eigenvalue weighted by atomic mass is 9.91. The predicted octanol–water partition coefficient (Wildman–Crippen LogP) is 6.15. The van der Waals surface area contributed by atoms with Crippen LogP contribution in [0.3, 0.4) is 0 Å². The fourth-order valence-electron chi connectivity index (χ4n) is 4.51. The van der Waals surface area contributed by atoms with Gasteiger partial charge < -0.3 is 10.6 Å². The molecule has 2 N–H and O–H groups in total. The molecule has 0 spiro atoms. The maximum Gasteiger partial charge on any atom is 0.255 e. The Bertz CT molecular complexity index is 1250. The van der Waals surface area contributed by atoms with E-state index in [4.69, 9.17) is 0 Å².